The molecule has 0 saturated carbocycles. The Morgan fingerprint density at radius 3 is 2.61 bits per heavy atom. The minimum Gasteiger partial charge on any atom is -0.344 e. The van der Waals surface area contributed by atoms with Gasteiger partial charge in [0.1, 0.15) is 5.66 Å². The summed E-state index contributed by atoms with van der Waals surface area (Å²) in [6, 6.07) is 13.6. The fraction of sp³-hybridized carbons (Fsp3) is 0.100. The van der Waals surface area contributed by atoms with Gasteiger partial charge in [-0.3, -0.25) is 14.3 Å². The second-order valence-electron chi connectivity index (χ2n) is 6.23. The molecule has 0 aliphatic carbocycles. The molecular formula is C20H16ClN2O3PS. The van der Waals surface area contributed by atoms with Crippen LogP contribution >= 0.6 is 30.3 Å². The number of halogens is 1. The number of fused-ring (bicyclic) bond motifs is 1. The van der Waals surface area contributed by atoms with Crippen LogP contribution in [0, 0.1) is 11.3 Å². The molecule has 2 atom stereocenters. The molecule has 1 heterocycles. The first-order chi connectivity index (χ1) is 13.3. The van der Waals surface area contributed by atoms with E-state index < -0.39 is 18.9 Å². The molecule has 0 bridgehead atoms. The number of nitriles is 1. The Balaban J connectivity index is 2.11. The van der Waals surface area contributed by atoms with Crippen molar-refractivity contribution < 1.29 is 14.3 Å². The summed E-state index contributed by atoms with van der Waals surface area (Å²) in [5.74, 6) is -0.576. The van der Waals surface area contributed by atoms with E-state index in [-0.39, 0.29) is 0 Å². The summed E-state index contributed by atoms with van der Waals surface area (Å²) in [7, 11) is -3.87. The second kappa shape index (κ2) is 7.90. The van der Waals surface area contributed by atoms with Crippen molar-refractivity contribution in [2.75, 3.05) is 11.6 Å². The van der Waals surface area contributed by atoms with Gasteiger partial charge in [0.2, 0.25) is 13.3 Å². The van der Waals surface area contributed by atoms with Crippen LogP contribution < -0.4 is 4.90 Å². The number of amides is 1. The highest BCUT2D eigenvalue weighted by Gasteiger charge is 2.39. The van der Waals surface area contributed by atoms with Gasteiger partial charge >= 0.3 is 0 Å². The molecule has 0 radical (unpaired) electrons. The van der Waals surface area contributed by atoms with Crippen molar-refractivity contribution in [3.05, 3.63) is 76.8 Å². The summed E-state index contributed by atoms with van der Waals surface area (Å²) in [5, 5.41) is 11.8. The van der Waals surface area contributed by atoms with E-state index in [1.807, 2.05) is 12.1 Å². The Kier molecular flexibility index (Phi) is 5.74. The van der Waals surface area contributed by atoms with Gasteiger partial charge in [-0.15, -0.1) is 11.3 Å². The molecule has 3 aromatic rings. The molecule has 142 valence electrons. The predicted molar refractivity (Wildman–Crippen MR) is 114 cm³/mol. The molecule has 28 heavy (non-hydrogen) atoms. The number of carbonyl (C=O) groups excluding carboxylic acids is 1. The highest BCUT2D eigenvalue weighted by Crippen LogP contribution is 2.55. The summed E-state index contributed by atoms with van der Waals surface area (Å²) in [6.07, 6.45) is 1.30. The Labute approximate surface area is 171 Å². The van der Waals surface area contributed by atoms with Crippen molar-refractivity contribution in [1.82, 2.24) is 0 Å². The van der Waals surface area contributed by atoms with Crippen LogP contribution in [0.15, 0.2) is 60.6 Å². The number of rotatable bonds is 5. The lowest BCUT2D eigenvalue weighted by atomic mass is 10.1. The Morgan fingerprint density at radius 2 is 2.04 bits per heavy atom. The van der Waals surface area contributed by atoms with Crippen LogP contribution in [-0.4, -0.2) is 17.5 Å². The van der Waals surface area contributed by atoms with Crippen LogP contribution in [0.2, 0.25) is 5.02 Å². The SMILES string of the molecule is C=CN(C(=O)C(c1csc2ccc(Cl)cc12)P(C)(=O)O)c1ccc(C#N)cc1. The highest BCUT2D eigenvalue weighted by molar-refractivity contribution is 7.58. The van der Waals surface area contributed by atoms with Gasteiger partial charge in [-0.25, -0.2) is 0 Å². The Bertz CT molecular complexity index is 1140. The highest BCUT2D eigenvalue weighted by atomic mass is 35.5. The van der Waals surface area contributed by atoms with Gasteiger partial charge in [-0.1, -0.05) is 18.2 Å². The summed E-state index contributed by atoms with van der Waals surface area (Å²) >= 11 is 7.48. The summed E-state index contributed by atoms with van der Waals surface area (Å²) in [5.41, 5.74) is 0.0864. The number of hydrogen-bond acceptors (Lipinski definition) is 4. The number of thiophene rings is 1. The van der Waals surface area contributed by atoms with Gasteiger partial charge in [0.25, 0.3) is 0 Å². The molecule has 2 aromatic carbocycles. The van der Waals surface area contributed by atoms with Crippen LogP contribution in [0.1, 0.15) is 16.8 Å². The number of nitrogens with zero attached hydrogens (tertiary/aromatic N) is 2. The fourth-order valence-electron chi connectivity index (χ4n) is 2.98. The first-order valence-electron chi connectivity index (χ1n) is 8.18. The lowest BCUT2D eigenvalue weighted by molar-refractivity contribution is -0.117. The van der Waals surface area contributed by atoms with E-state index in [1.165, 1.54) is 29.1 Å². The molecule has 0 fully saturated rings. The maximum Gasteiger partial charge on any atom is 0.248 e. The molecule has 0 aliphatic rings. The third kappa shape index (κ3) is 3.89. The second-order valence-corrected chi connectivity index (χ2v) is 9.98. The van der Waals surface area contributed by atoms with Crippen LogP contribution in [0.3, 0.4) is 0 Å². The average molecular weight is 431 g/mol. The standard InChI is InChI=1S/C20H16ClN2O3PS/c1-3-23(15-7-4-13(11-22)5-8-15)20(24)19(27(2,25)26)17-12-28-18-9-6-14(21)10-16(17)18/h3-10,12,19H,1H2,2H3,(H,25,26). The van der Waals surface area contributed by atoms with E-state index in [4.69, 9.17) is 16.9 Å². The molecule has 1 N–H and O–H groups in total. The number of carbonyl (C=O) groups is 1. The van der Waals surface area contributed by atoms with Crippen molar-refractivity contribution in [2.24, 2.45) is 0 Å². The third-order valence-electron chi connectivity index (χ3n) is 4.27. The van der Waals surface area contributed by atoms with Crippen molar-refractivity contribution in [1.29, 1.82) is 5.26 Å². The fourth-order valence-corrected chi connectivity index (χ4v) is 5.48. The summed E-state index contributed by atoms with van der Waals surface area (Å²) in [4.78, 5) is 25.0. The molecule has 2 unspecified atom stereocenters. The lowest BCUT2D eigenvalue weighted by Gasteiger charge is -2.26. The maximum absolute atomic E-state index is 13.3. The van der Waals surface area contributed by atoms with Crippen molar-refractivity contribution >= 4 is 52.0 Å². The zero-order chi connectivity index (χ0) is 20.5. The molecule has 0 aliphatic heterocycles. The summed E-state index contributed by atoms with van der Waals surface area (Å²) in [6.45, 7) is 4.84. The number of hydrogen-bond donors (Lipinski definition) is 1. The molecular weight excluding hydrogens is 415 g/mol. The summed E-state index contributed by atoms with van der Waals surface area (Å²) < 4.78 is 13.6. The molecule has 0 saturated heterocycles. The van der Waals surface area contributed by atoms with Gasteiger partial charge < -0.3 is 4.89 Å². The topological polar surface area (TPSA) is 81.4 Å². The Hall–Kier alpha value is -2.42. The molecule has 1 amide bonds. The van der Waals surface area contributed by atoms with E-state index in [1.54, 1.807) is 41.8 Å². The molecule has 8 heteroatoms. The lowest BCUT2D eigenvalue weighted by Crippen LogP contribution is -2.30. The molecule has 5 nitrogen and oxygen atoms in total. The van der Waals surface area contributed by atoms with Gasteiger partial charge in [-0.05, 0) is 58.8 Å². The van der Waals surface area contributed by atoms with Gasteiger partial charge in [0.15, 0.2) is 0 Å². The normalized spacial score (nSPS) is 14.1. The van der Waals surface area contributed by atoms with Crippen molar-refractivity contribution in [3.8, 4) is 6.07 Å². The first kappa shape index (κ1) is 20.3. The third-order valence-corrected chi connectivity index (χ3v) is 6.94. The zero-order valence-electron chi connectivity index (χ0n) is 14.9. The van der Waals surface area contributed by atoms with E-state index in [0.29, 0.717) is 27.2 Å². The quantitative estimate of drug-likeness (QED) is 0.538. The van der Waals surface area contributed by atoms with E-state index >= 15 is 0 Å². The van der Waals surface area contributed by atoms with Crippen LogP contribution in [-0.2, 0) is 9.36 Å². The monoisotopic (exact) mass is 430 g/mol. The predicted octanol–water partition coefficient (Wildman–Crippen LogP) is 5.54. The van der Waals surface area contributed by atoms with Crippen molar-refractivity contribution in [2.45, 2.75) is 5.66 Å². The van der Waals surface area contributed by atoms with Crippen molar-refractivity contribution in [3.63, 3.8) is 0 Å². The van der Waals surface area contributed by atoms with E-state index in [9.17, 15) is 14.3 Å². The van der Waals surface area contributed by atoms with Crippen LogP contribution in [0.5, 0.6) is 0 Å². The van der Waals surface area contributed by atoms with Crippen LogP contribution in [0.25, 0.3) is 10.1 Å². The van der Waals surface area contributed by atoms with Gasteiger partial charge in [0.05, 0.1) is 11.6 Å². The average Bonchev–Trinajstić information content (AvgIpc) is 3.04. The van der Waals surface area contributed by atoms with Gasteiger partial charge in [0, 0.05) is 28.3 Å². The minimum absolute atomic E-state index is 0.443. The van der Waals surface area contributed by atoms with Crippen LogP contribution in [0.4, 0.5) is 5.69 Å². The Morgan fingerprint density at radius 1 is 1.36 bits per heavy atom. The molecule has 3 rings (SSSR count). The number of benzene rings is 2. The largest absolute Gasteiger partial charge is 0.344 e. The smallest absolute Gasteiger partial charge is 0.248 e. The first-order valence-corrected chi connectivity index (χ1v) is 11.6. The molecule has 1 aromatic heterocycles. The zero-order valence-corrected chi connectivity index (χ0v) is 17.3. The minimum atomic E-state index is -3.87. The molecule has 0 spiro atoms. The maximum atomic E-state index is 13.3. The number of anilines is 1. The van der Waals surface area contributed by atoms with E-state index in [0.717, 1.165) is 4.70 Å². The van der Waals surface area contributed by atoms with Gasteiger partial charge in [-0.2, -0.15) is 5.26 Å². The van der Waals surface area contributed by atoms with E-state index in [2.05, 4.69) is 6.58 Å².